The van der Waals surface area contributed by atoms with Crippen molar-refractivity contribution in [1.29, 1.82) is 0 Å². The van der Waals surface area contributed by atoms with Gasteiger partial charge in [-0.2, -0.15) is 0 Å². The fourth-order valence-electron chi connectivity index (χ4n) is 0.655. The molecule has 3 heteroatoms. The van der Waals surface area contributed by atoms with Gasteiger partial charge in [-0.25, -0.2) is 0 Å². The van der Waals surface area contributed by atoms with Crippen molar-refractivity contribution in [2.45, 2.75) is 0 Å². The van der Waals surface area contributed by atoms with Gasteiger partial charge in [-0.05, 0) is 12.1 Å². The van der Waals surface area contributed by atoms with E-state index < -0.39 is 0 Å². The standard InChI is InChI=1S/C7H8O2Si/c8-7(10)9-6-4-2-1-3-5-6/h1-5H,10H3. The first-order chi connectivity index (χ1) is 4.79. The predicted octanol–water partition coefficient (Wildman–Crippen LogP) is 0.551. The lowest BCUT2D eigenvalue weighted by atomic mass is 10.3. The van der Waals surface area contributed by atoms with Gasteiger partial charge in [0.2, 0.25) is 0 Å². The second-order valence-corrected chi connectivity index (χ2v) is 2.72. The van der Waals surface area contributed by atoms with Gasteiger partial charge in [0.25, 0.3) is 5.59 Å². The van der Waals surface area contributed by atoms with Gasteiger partial charge < -0.3 is 4.74 Å². The Morgan fingerprint density at radius 1 is 1.30 bits per heavy atom. The van der Waals surface area contributed by atoms with Crippen molar-refractivity contribution >= 4 is 15.8 Å². The molecule has 0 saturated carbocycles. The summed E-state index contributed by atoms with van der Waals surface area (Å²) in [5.41, 5.74) is -0.147. The molecule has 0 aliphatic carbocycles. The van der Waals surface area contributed by atoms with Gasteiger partial charge in [0.1, 0.15) is 16.0 Å². The molecule has 0 aromatic heterocycles. The molecule has 1 rings (SSSR count). The van der Waals surface area contributed by atoms with Crippen LogP contribution in [-0.4, -0.2) is 15.8 Å². The van der Waals surface area contributed by atoms with Gasteiger partial charge in [-0.1, -0.05) is 18.2 Å². The summed E-state index contributed by atoms with van der Waals surface area (Å²) in [6.07, 6.45) is 0. The third-order valence-electron chi connectivity index (χ3n) is 1.00. The zero-order valence-electron chi connectivity index (χ0n) is 5.70. The van der Waals surface area contributed by atoms with Crippen molar-refractivity contribution in [2.75, 3.05) is 0 Å². The molecule has 0 bridgehead atoms. The summed E-state index contributed by atoms with van der Waals surface area (Å²) in [5, 5.41) is 0. The highest BCUT2D eigenvalue weighted by Gasteiger charge is 1.92. The molecule has 0 atom stereocenters. The molecule has 0 N–H and O–H groups in total. The van der Waals surface area contributed by atoms with E-state index in [2.05, 4.69) is 0 Å². The summed E-state index contributed by atoms with van der Waals surface area (Å²) in [4.78, 5) is 10.5. The molecule has 0 saturated heterocycles. The van der Waals surface area contributed by atoms with Crippen LogP contribution in [-0.2, 0) is 0 Å². The first kappa shape index (κ1) is 7.02. The van der Waals surface area contributed by atoms with Crippen molar-refractivity contribution in [2.24, 2.45) is 0 Å². The molecule has 0 spiro atoms. The van der Waals surface area contributed by atoms with Crippen LogP contribution in [0.25, 0.3) is 0 Å². The van der Waals surface area contributed by atoms with Crippen LogP contribution in [0.15, 0.2) is 30.3 Å². The second-order valence-electron chi connectivity index (χ2n) is 1.91. The molecule has 0 heterocycles. The Morgan fingerprint density at radius 3 is 2.40 bits per heavy atom. The summed E-state index contributed by atoms with van der Waals surface area (Å²) >= 11 is 0. The molecular weight excluding hydrogens is 144 g/mol. The molecule has 1 aromatic rings. The number of benzene rings is 1. The number of ether oxygens (including phenoxy) is 1. The minimum absolute atomic E-state index is 0.147. The number of para-hydroxylation sites is 1. The fraction of sp³-hybridized carbons (Fsp3) is 0. The molecule has 1 aromatic carbocycles. The average Bonchev–Trinajstić information content (AvgIpc) is 1.88. The smallest absolute Gasteiger partial charge is 0.265 e. The topological polar surface area (TPSA) is 26.3 Å². The van der Waals surface area contributed by atoms with Crippen LogP contribution in [0.3, 0.4) is 0 Å². The Morgan fingerprint density at radius 2 is 1.90 bits per heavy atom. The predicted molar refractivity (Wildman–Crippen MR) is 42.4 cm³/mol. The highest BCUT2D eigenvalue weighted by Crippen LogP contribution is 2.07. The quantitative estimate of drug-likeness (QED) is 0.549. The minimum atomic E-state index is -0.147. The van der Waals surface area contributed by atoms with Crippen LogP contribution in [0.5, 0.6) is 5.75 Å². The van der Waals surface area contributed by atoms with E-state index in [0.29, 0.717) is 16.0 Å². The maximum absolute atomic E-state index is 10.5. The molecule has 10 heavy (non-hydrogen) atoms. The molecule has 0 aliphatic rings. The summed E-state index contributed by atoms with van der Waals surface area (Å²) in [6, 6.07) is 9.07. The molecule has 0 aliphatic heterocycles. The van der Waals surface area contributed by atoms with Crippen molar-refractivity contribution in [3.8, 4) is 5.75 Å². The van der Waals surface area contributed by atoms with Gasteiger partial charge in [0.05, 0.1) is 0 Å². The summed E-state index contributed by atoms with van der Waals surface area (Å²) in [5.74, 6) is 0.627. The minimum Gasteiger partial charge on any atom is -0.432 e. The lowest BCUT2D eigenvalue weighted by Gasteiger charge is -1.97. The van der Waals surface area contributed by atoms with Crippen LogP contribution in [0.1, 0.15) is 0 Å². The summed E-state index contributed by atoms with van der Waals surface area (Å²) in [6.45, 7) is 0. The highest BCUT2D eigenvalue weighted by atomic mass is 28.1. The van der Waals surface area contributed by atoms with E-state index >= 15 is 0 Å². The third kappa shape index (κ3) is 2.03. The van der Waals surface area contributed by atoms with E-state index in [1.807, 2.05) is 18.2 Å². The van der Waals surface area contributed by atoms with E-state index in [-0.39, 0.29) is 5.59 Å². The third-order valence-corrected chi connectivity index (χ3v) is 1.21. The molecule has 0 unspecified atom stereocenters. The van der Waals surface area contributed by atoms with E-state index in [0.717, 1.165) is 0 Å². The molecule has 0 fully saturated rings. The van der Waals surface area contributed by atoms with E-state index in [4.69, 9.17) is 4.74 Å². The molecule has 2 nitrogen and oxygen atoms in total. The number of carbonyl (C=O) groups excluding carboxylic acids is 1. The Balaban J connectivity index is 2.67. The number of hydrogen-bond acceptors (Lipinski definition) is 2. The van der Waals surface area contributed by atoms with Crippen molar-refractivity contribution in [3.05, 3.63) is 30.3 Å². The lowest BCUT2D eigenvalue weighted by Crippen LogP contribution is -2.03. The molecular formula is C7H8O2Si. The normalized spacial score (nSPS) is 9.20. The van der Waals surface area contributed by atoms with E-state index in [1.54, 1.807) is 12.1 Å². The van der Waals surface area contributed by atoms with Gasteiger partial charge in [-0.3, -0.25) is 4.79 Å². The van der Waals surface area contributed by atoms with Crippen LogP contribution in [0.4, 0.5) is 4.79 Å². The van der Waals surface area contributed by atoms with Crippen molar-refractivity contribution in [3.63, 3.8) is 0 Å². The molecule has 0 radical (unpaired) electrons. The van der Waals surface area contributed by atoms with Gasteiger partial charge >= 0.3 is 0 Å². The van der Waals surface area contributed by atoms with E-state index in [1.165, 1.54) is 0 Å². The number of carbonyl (C=O) groups is 1. The van der Waals surface area contributed by atoms with E-state index in [9.17, 15) is 4.79 Å². The summed E-state index contributed by atoms with van der Waals surface area (Å²) in [7, 11) is 0.443. The Kier molecular flexibility index (Phi) is 2.23. The largest absolute Gasteiger partial charge is 0.432 e. The Labute approximate surface area is 62.2 Å². The van der Waals surface area contributed by atoms with Crippen LogP contribution < -0.4 is 4.74 Å². The average molecular weight is 152 g/mol. The Bertz CT molecular complexity index is 220. The van der Waals surface area contributed by atoms with Crippen LogP contribution >= 0.6 is 0 Å². The fourth-order valence-corrected chi connectivity index (χ4v) is 0.890. The van der Waals surface area contributed by atoms with Crippen molar-refractivity contribution in [1.82, 2.24) is 0 Å². The zero-order valence-corrected chi connectivity index (χ0v) is 7.70. The number of hydrogen-bond donors (Lipinski definition) is 0. The molecule has 0 amide bonds. The van der Waals surface area contributed by atoms with Crippen LogP contribution in [0, 0.1) is 0 Å². The first-order valence-corrected chi connectivity index (χ1v) is 4.02. The monoisotopic (exact) mass is 152 g/mol. The SMILES string of the molecule is O=C([SiH3])Oc1ccccc1. The van der Waals surface area contributed by atoms with Gasteiger partial charge in [0, 0.05) is 0 Å². The zero-order chi connectivity index (χ0) is 7.40. The Hall–Kier alpha value is -1.09. The summed E-state index contributed by atoms with van der Waals surface area (Å²) < 4.78 is 4.84. The first-order valence-electron chi connectivity index (χ1n) is 3.02. The maximum Gasteiger partial charge on any atom is 0.265 e. The highest BCUT2D eigenvalue weighted by molar-refractivity contribution is 6.55. The van der Waals surface area contributed by atoms with Crippen molar-refractivity contribution < 1.29 is 9.53 Å². The van der Waals surface area contributed by atoms with Gasteiger partial charge in [-0.15, -0.1) is 0 Å². The molecule has 52 valence electrons. The lowest BCUT2D eigenvalue weighted by molar-refractivity contribution is 0.225. The number of rotatable bonds is 1. The van der Waals surface area contributed by atoms with Gasteiger partial charge in [0.15, 0.2) is 0 Å². The maximum atomic E-state index is 10.5. The second kappa shape index (κ2) is 3.17. The van der Waals surface area contributed by atoms with Crippen LogP contribution in [0.2, 0.25) is 0 Å².